The van der Waals surface area contributed by atoms with Crippen LogP contribution in [-0.2, 0) is 6.42 Å². The Kier molecular flexibility index (Phi) is 5.18. The lowest BCUT2D eigenvalue weighted by Gasteiger charge is -1.99. The van der Waals surface area contributed by atoms with E-state index >= 15 is 0 Å². The van der Waals surface area contributed by atoms with Crippen LogP contribution in [-0.4, -0.2) is 11.5 Å². The topological polar surface area (TPSA) is 38.9 Å². The molecule has 2 N–H and O–H groups in total. The summed E-state index contributed by atoms with van der Waals surface area (Å²) in [5.74, 6) is 0. The Balaban J connectivity index is 2.07. The molecule has 0 fully saturated rings. The summed E-state index contributed by atoms with van der Waals surface area (Å²) in [6, 6.07) is 6.09. The zero-order valence-corrected chi connectivity index (χ0v) is 8.08. The highest BCUT2D eigenvalue weighted by atomic mass is 14.7. The van der Waals surface area contributed by atoms with Crippen LogP contribution in [0.1, 0.15) is 31.4 Å². The van der Waals surface area contributed by atoms with Gasteiger partial charge in [0.1, 0.15) is 0 Å². The quantitative estimate of drug-likeness (QED) is 0.678. The predicted octanol–water partition coefficient (Wildman–Crippen LogP) is 2.14. The maximum atomic E-state index is 5.41. The third kappa shape index (κ3) is 4.63. The number of aryl methyl sites for hydroxylation is 1. The van der Waals surface area contributed by atoms with Crippen LogP contribution in [0.25, 0.3) is 0 Å². The summed E-state index contributed by atoms with van der Waals surface area (Å²) in [4.78, 5) is 4.27. The molecular formula is C11H18N2. The van der Waals surface area contributed by atoms with E-state index in [-0.39, 0.29) is 0 Å². The van der Waals surface area contributed by atoms with Gasteiger partial charge in [-0.25, -0.2) is 0 Å². The van der Waals surface area contributed by atoms with E-state index in [2.05, 4.69) is 11.1 Å². The van der Waals surface area contributed by atoms with E-state index in [1.165, 1.54) is 25.0 Å². The fraction of sp³-hybridized carbons (Fsp3) is 0.545. The van der Waals surface area contributed by atoms with Gasteiger partial charge in [0.25, 0.3) is 0 Å². The molecule has 1 aromatic heterocycles. The standard InChI is InChI=1S/C11H18N2/c12-9-5-2-1-3-7-11-8-4-6-10-13-11/h4,6,8,10H,1-3,5,7,9,12H2. The Labute approximate surface area is 80.2 Å². The van der Waals surface area contributed by atoms with Crippen LogP contribution in [0.5, 0.6) is 0 Å². The van der Waals surface area contributed by atoms with Crippen molar-refractivity contribution in [2.45, 2.75) is 32.1 Å². The van der Waals surface area contributed by atoms with E-state index in [0.717, 1.165) is 19.4 Å². The van der Waals surface area contributed by atoms with Crippen LogP contribution in [0.2, 0.25) is 0 Å². The van der Waals surface area contributed by atoms with Gasteiger partial charge in [-0.15, -0.1) is 0 Å². The molecule has 0 unspecified atom stereocenters. The van der Waals surface area contributed by atoms with Gasteiger partial charge in [-0.3, -0.25) is 4.98 Å². The Bertz CT molecular complexity index is 209. The number of unbranched alkanes of at least 4 members (excludes halogenated alkanes) is 3. The summed E-state index contributed by atoms with van der Waals surface area (Å²) in [5.41, 5.74) is 6.61. The molecule has 1 heterocycles. The molecule has 1 aromatic rings. The summed E-state index contributed by atoms with van der Waals surface area (Å²) < 4.78 is 0. The molecule has 0 aliphatic carbocycles. The van der Waals surface area contributed by atoms with Crippen molar-refractivity contribution in [2.24, 2.45) is 5.73 Å². The average Bonchev–Trinajstić information content (AvgIpc) is 2.19. The number of nitrogens with zero attached hydrogens (tertiary/aromatic N) is 1. The Morgan fingerprint density at radius 1 is 1.08 bits per heavy atom. The van der Waals surface area contributed by atoms with E-state index in [1.807, 2.05) is 18.3 Å². The third-order valence-electron chi connectivity index (χ3n) is 2.11. The first-order valence-electron chi connectivity index (χ1n) is 5.03. The maximum Gasteiger partial charge on any atom is 0.0403 e. The summed E-state index contributed by atoms with van der Waals surface area (Å²) in [7, 11) is 0. The van der Waals surface area contributed by atoms with Gasteiger partial charge in [0.15, 0.2) is 0 Å². The smallest absolute Gasteiger partial charge is 0.0403 e. The number of pyridine rings is 1. The van der Waals surface area contributed by atoms with E-state index in [9.17, 15) is 0 Å². The minimum Gasteiger partial charge on any atom is -0.330 e. The Morgan fingerprint density at radius 3 is 2.62 bits per heavy atom. The van der Waals surface area contributed by atoms with Crippen molar-refractivity contribution >= 4 is 0 Å². The average molecular weight is 178 g/mol. The van der Waals surface area contributed by atoms with Crippen molar-refractivity contribution in [1.29, 1.82) is 0 Å². The molecule has 72 valence electrons. The first-order valence-corrected chi connectivity index (χ1v) is 5.03. The molecule has 0 aliphatic heterocycles. The van der Waals surface area contributed by atoms with E-state index in [0.29, 0.717) is 0 Å². The molecule has 2 heteroatoms. The van der Waals surface area contributed by atoms with Crippen molar-refractivity contribution in [3.63, 3.8) is 0 Å². The van der Waals surface area contributed by atoms with Gasteiger partial charge in [0.05, 0.1) is 0 Å². The van der Waals surface area contributed by atoms with Crippen LogP contribution in [0.4, 0.5) is 0 Å². The largest absolute Gasteiger partial charge is 0.330 e. The van der Waals surface area contributed by atoms with E-state index in [1.54, 1.807) is 0 Å². The molecule has 0 saturated heterocycles. The predicted molar refractivity (Wildman–Crippen MR) is 55.5 cm³/mol. The molecular weight excluding hydrogens is 160 g/mol. The fourth-order valence-electron chi connectivity index (χ4n) is 1.35. The zero-order chi connectivity index (χ0) is 9.36. The SMILES string of the molecule is NCCCCCCc1ccccn1. The van der Waals surface area contributed by atoms with Gasteiger partial charge in [0, 0.05) is 11.9 Å². The maximum absolute atomic E-state index is 5.41. The Hall–Kier alpha value is -0.890. The number of aromatic nitrogens is 1. The summed E-state index contributed by atoms with van der Waals surface area (Å²) >= 11 is 0. The molecule has 0 amide bonds. The molecule has 0 radical (unpaired) electrons. The number of nitrogens with two attached hydrogens (primary N) is 1. The highest BCUT2D eigenvalue weighted by Gasteiger charge is 1.92. The van der Waals surface area contributed by atoms with Gasteiger partial charge in [0.2, 0.25) is 0 Å². The zero-order valence-electron chi connectivity index (χ0n) is 8.08. The molecule has 0 aromatic carbocycles. The number of hydrogen-bond acceptors (Lipinski definition) is 2. The van der Waals surface area contributed by atoms with Crippen LogP contribution < -0.4 is 5.73 Å². The van der Waals surface area contributed by atoms with Crippen molar-refractivity contribution < 1.29 is 0 Å². The monoisotopic (exact) mass is 178 g/mol. The van der Waals surface area contributed by atoms with Crippen LogP contribution >= 0.6 is 0 Å². The van der Waals surface area contributed by atoms with Crippen LogP contribution in [0.3, 0.4) is 0 Å². The van der Waals surface area contributed by atoms with E-state index in [4.69, 9.17) is 5.73 Å². The summed E-state index contributed by atoms with van der Waals surface area (Å²) in [5, 5.41) is 0. The Morgan fingerprint density at radius 2 is 1.92 bits per heavy atom. The summed E-state index contributed by atoms with van der Waals surface area (Å²) in [6.07, 6.45) is 7.87. The molecule has 0 aliphatic rings. The summed E-state index contributed by atoms with van der Waals surface area (Å²) in [6.45, 7) is 0.823. The second-order valence-corrected chi connectivity index (χ2v) is 3.27. The fourth-order valence-corrected chi connectivity index (χ4v) is 1.35. The molecule has 2 nitrogen and oxygen atoms in total. The molecule has 0 atom stereocenters. The van der Waals surface area contributed by atoms with E-state index < -0.39 is 0 Å². The molecule has 13 heavy (non-hydrogen) atoms. The molecule has 1 rings (SSSR count). The third-order valence-corrected chi connectivity index (χ3v) is 2.11. The van der Waals surface area contributed by atoms with Crippen molar-refractivity contribution in [3.8, 4) is 0 Å². The minimum absolute atomic E-state index is 0.823. The van der Waals surface area contributed by atoms with Gasteiger partial charge in [-0.1, -0.05) is 18.9 Å². The lowest BCUT2D eigenvalue weighted by atomic mass is 10.1. The molecule has 0 spiro atoms. The van der Waals surface area contributed by atoms with Crippen LogP contribution in [0, 0.1) is 0 Å². The highest BCUT2D eigenvalue weighted by Crippen LogP contribution is 2.04. The second-order valence-electron chi connectivity index (χ2n) is 3.27. The molecule has 0 bridgehead atoms. The lowest BCUT2D eigenvalue weighted by Crippen LogP contribution is -1.98. The highest BCUT2D eigenvalue weighted by molar-refractivity contribution is 5.03. The number of hydrogen-bond donors (Lipinski definition) is 1. The van der Waals surface area contributed by atoms with Gasteiger partial charge >= 0.3 is 0 Å². The van der Waals surface area contributed by atoms with Gasteiger partial charge < -0.3 is 5.73 Å². The minimum atomic E-state index is 0.823. The van der Waals surface area contributed by atoms with Crippen molar-refractivity contribution in [2.75, 3.05) is 6.54 Å². The van der Waals surface area contributed by atoms with Gasteiger partial charge in [-0.05, 0) is 37.9 Å². The number of rotatable bonds is 6. The van der Waals surface area contributed by atoms with Gasteiger partial charge in [-0.2, -0.15) is 0 Å². The first kappa shape index (κ1) is 10.2. The van der Waals surface area contributed by atoms with Crippen LogP contribution in [0.15, 0.2) is 24.4 Å². The van der Waals surface area contributed by atoms with Crippen molar-refractivity contribution in [3.05, 3.63) is 30.1 Å². The second kappa shape index (κ2) is 6.61. The normalized spacial score (nSPS) is 10.2. The molecule has 0 saturated carbocycles. The first-order chi connectivity index (χ1) is 6.43. The van der Waals surface area contributed by atoms with Crippen molar-refractivity contribution in [1.82, 2.24) is 4.98 Å². The lowest BCUT2D eigenvalue weighted by molar-refractivity contribution is 0.642.